The molecule has 3 rings (SSSR count). The Hall–Kier alpha value is -1.38. The minimum absolute atomic E-state index is 0.0289. The minimum atomic E-state index is -0.0295. The van der Waals surface area contributed by atoms with Gasteiger partial charge in [-0.3, -0.25) is 9.59 Å². The number of carbonyl (C=O) groups excluding carboxylic acids is 2. The van der Waals surface area contributed by atoms with Gasteiger partial charge in [0.15, 0.2) is 5.75 Å². The molecule has 0 bridgehead atoms. The third-order valence-corrected chi connectivity index (χ3v) is 8.03. The smallest absolute Gasteiger partial charge is 0.226 e. The van der Waals surface area contributed by atoms with E-state index in [4.69, 9.17) is 4.74 Å². The van der Waals surface area contributed by atoms with Crippen LogP contribution < -0.4 is 15.0 Å². The fourth-order valence-corrected chi connectivity index (χ4v) is 4.78. The van der Waals surface area contributed by atoms with Crippen molar-refractivity contribution in [3.05, 3.63) is 49.3 Å². The van der Waals surface area contributed by atoms with E-state index < -0.39 is 0 Å². The summed E-state index contributed by atoms with van der Waals surface area (Å²) in [6, 6.07) is 9.54. The zero-order chi connectivity index (χ0) is 20.3. The van der Waals surface area contributed by atoms with Crippen LogP contribution in [0.15, 0.2) is 43.7 Å². The summed E-state index contributed by atoms with van der Waals surface area (Å²) in [7, 11) is 1.77. The molecule has 1 N–H and O–H groups in total. The number of benzene rings is 2. The Morgan fingerprint density at radius 1 is 1.11 bits per heavy atom. The lowest BCUT2D eigenvalue weighted by molar-refractivity contribution is -0.118. The lowest BCUT2D eigenvalue weighted by Crippen LogP contribution is -2.26. The zero-order valence-electron chi connectivity index (χ0n) is 15.2. The van der Waals surface area contributed by atoms with E-state index >= 15 is 0 Å². The zero-order valence-corrected chi connectivity index (χ0v) is 20.0. The van der Waals surface area contributed by atoms with Crippen molar-refractivity contribution in [1.29, 1.82) is 0 Å². The third kappa shape index (κ3) is 4.60. The molecule has 0 saturated heterocycles. The van der Waals surface area contributed by atoms with Crippen LogP contribution in [-0.4, -0.2) is 25.5 Å². The Morgan fingerprint density at radius 2 is 1.82 bits per heavy atom. The number of para-hydroxylation sites is 1. The molecule has 0 saturated carbocycles. The minimum Gasteiger partial charge on any atom is -0.490 e. The summed E-state index contributed by atoms with van der Waals surface area (Å²) in [5.74, 6) is 0.585. The quantitative estimate of drug-likeness (QED) is 0.357. The van der Waals surface area contributed by atoms with E-state index in [9.17, 15) is 9.59 Å². The van der Waals surface area contributed by atoms with Gasteiger partial charge in [0.2, 0.25) is 11.8 Å². The predicted molar refractivity (Wildman–Crippen MR) is 121 cm³/mol. The van der Waals surface area contributed by atoms with Gasteiger partial charge in [0.1, 0.15) is 0 Å². The van der Waals surface area contributed by atoms with Crippen LogP contribution in [0.5, 0.6) is 5.75 Å². The van der Waals surface area contributed by atoms with E-state index in [1.807, 2.05) is 30.3 Å². The number of nitrogens with zero attached hydrogens (tertiary/aromatic N) is 1. The molecule has 148 valence electrons. The van der Waals surface area contributed by atoms with Crippen LogP contribution in [0.25, 0.3) is 0 Å². The van der Waals surface area contributed by atoms with Crippen LogP contribution in [0.3, 0.4) is 0 Å². The van der Waals surface area contributed by atoms with Crippen LogP contribution in [0.2, 0.25) is 0 Å². The first-order valence-corrected chi connectivity index (χ1v) is 11.2. The molecule has 0 atom stereocenters. The Labute approximate surface area is 189 Å². The second-order valence-corrected chi connectivity index (χ2v) is 8.79. The molecule has 0 fully saturated rings. The van der Waals surface area contributed by atoms with E-state index in [-0.39, 0.29) is 11.8 Å². The predicted octanol–water partition coefficient (Wildman–Crippen LogP) is 5.68. The summed E-state index contributed by atoms with van der Waals surface area (Å²) in [5.41, 5.74) is 2.56. The first-order chi connectivity index (χ1) is 13.4. The van der Waals surface area contributed by atoms with Gasteiger partial charge in [-0.05, 0) is 78.3 Å². The number of rotatable bonds is 6. The molecule has 0 spiro atoms. The molecule has 0 radical (unpaired) electrons. The number of nitrogens with one attached hydrogen (secondary N) is 1. The highest BCUT2D eigenvalue weighted by Crippen LogP contribution is 2.48. The van der Waals surface area contributed by atoms with Crippen molar-refractivity contribution >= 4 is 71.0 Å². The molecule has 28 heavy (non-hydrogen) atoms. The van der Waals surface area contributed by atoms with Crippen molar-refractivity contribution in [3.8, 4) is 5.75 Å². The molecule has 1 aliphatic rings. The maximum atomic E-state index is 12.4. The molecule has 2 aromatic rings. The summed E-state index contributed by atoms with van der Waals surface area (Å²) < 4.78 is 8.45. The molecular weight excluding hydrogens is 556 g/mol. The highest BCUT2D eigenvalue weighted by atomic mass is 79.9. The largest absolute Gasteiger partial charge is 0.490 e. The first kappa shape index (κ1) is 21.3. The second kappa shape index (κ2) is 9.41. The first-order valence-electron chi connectivity index (χ1n) is 8.83. The van der Waals surface area contributed by atoms with Gasteiger partial charge in [-0.15, -0.1) is 0 Å². The third-order valence-electron chi connectivity index (χ3n) is 4.54. The molecule has 8 heteroatoms. The van der Waals surface area contributed by atoms with Crippen LogP contribution in [0.1, 0.15) is 24.8 Å². The standard InChI is InChI=1S/C20H19Br3N2O3/c1-25(12-6-3-2-4-7-12)15(27)8-5-11-28-20-18(23)17(22)16(21)13-9-10-14(26)24-19(13)20/h2-4,6-7H,5,8-11H2,1H3,(H,24,26). The van der Waals surface area contributed by atoms with Gasteiger partial charge in [0, 0.05) is 30.0 Å². The molecule has 0 aliphatic carbocycles. The van der Waals surface area contributed by atoms with Gasteiger partial charge in [0.25, 0.3) is 0 Å². The van der Waals surface area contributed by atoms with E-state index in [0.717, 1.165) is 24.7 Å². The number of fused-ring (bicyclic) bond motifs is 1. The number of halogens is 3. The molecule has 0 aromatic heterocycles. The molecule has 2 amide bonds. The molecule has 0 unspecified atom stereocenters. The lowest BCUT2D eigenvalue weighted by atomic mass is 10.0. The monoisotopic (exact) mass is 572 g/mol. The average Bonchev–Trinajstić information content (AvgIpc) is 2.71. The van der Waals surface area contributed by atoms with Gasteiger partial charge in [-0.2, -0.15) is 0 Å². The Morgan fingerprint density at radius 3 is 2.54 bits per heavy atom. The van der Waals surface area contributed by atoms with E-state index in [2.05, 4.69) is 53.1 Å². The van der Waals surface area contributed by atoms with Crippen LogP contribution in [0.4, 0.5) is 11.4 Å². The van der Waals surface area contributed by atoms with Gasteiger partial charge >= 0.3 is 0 Å². The SMILES string of the molecule is CN(C(=O)CCCOc1c(Br)c(Br)c(Br)c2c1NC(=O)CC2)c1ccccc1. The second-order valence-electron chi connectivity index (χ2n) is 6.41. The van der Waals surface area contributed by atoms with Gasteiger partial charge in [-0.25, -0.2) is 0 Å². The Kier molecular flexibility index (Phi) is 7.17. The topological polar surface area (TPSA) is 58.6 Å². The molecular formula is C20H19Br3N2O3. The van der Waals surface area contributed by atoms with E-state index in [0.29, 0.717) is 43.7 Å². The summed E-state index contributed by atoms with van der Waals surface area (Å²) in [4.78, 5) is 25.9. The molecule has 1 aliphatic heterocycles. The van der Waals surface area contributed by atoms with Crippen LogP contribution in [-0.2, 0) is 16.0 Å². The highest BCUT2D eigenvalue weighted by molar-refractivity contribution is 9.14. The van der Waals surface area contributed by atoms with Crippen molar-refractivity contribution in [1.82, 2.24) is 0 Å². The number of anilines is 2. The number of amides is 2. The molecule has 5 nitrogen and oxygen atoms in total. The molecule has 1 heterocycles. The van der Waals surface area contributed by atoms with Crippen LogP contribution >= 0.6 is 47.8 Å². The summed E-state index contributed by atoms with van der Waals surface area (Å²) in [6.45, 7) is 0.364. The number of hydrogen-bond donors (Lipinski definition) is 1. The maximum absolute atomic E-state index is 12.4. The fourth-order valence-electron chi connectivity index (χ4n) is 2.99. The average molecular weight is 575 g/mol. The van der Waals surface area contributed by atoms with Crippen molar-refractivity contribution in [3.63, 3.8) is 0 Å². The van der Waals surface area contributed by atoms with Crippen LogP contribution in [0, 0.1) is 0 Å². The highest BCUT2D eigenvalue weighted by Gasteiger charge is 2.26. The van der Waals surface area contributed by atoms with Gasteiger partial charge in [-0.1, -0.05) is 18.2 Å². The van der Waals surface area contributed by atoms with Crippen molar-refractivity contribution in [2.24, 2.45) is 0 Å². The fraction of sp³-hybridized carbons (Fsp3) is 0.300. The van der Waals surface area contributed by atoms with E-state index in [1.54, 1.807) is 11.9 Å². The molecule has 2 aromatic carbocycles. The Balaban J connectivity index is 1.64. The van der Waals surface area contributed by atoms with Crippen molar-refractivity contribution in [2.75, 3.05) is 23.9 Å². The van der Waals surface area contributed by atoms with E-state index in [1.165, 1.54) is 0 Å². The summed E-state index contributed by atoms with van der Waals surface area (Å²) >= 11 is 10.7. The number of carbonyl (C=O) groups is 2. The lowest BCUT2D eigenvalue weighted by Gasteiger charge is -2.24. The maximum Gasteiger partial charge on any atom is 0.226 e. The van der Waals surface area contributed by atoms with Gasteiger partial charge in [0.05, 0.1) is 21.2 Å². The summed E-state index contributed by atoms with van der Waals surface area (Å²) in [5, 5.41) is 2.91. The Bertz CT molecular complexity index is 904. The van der Waals surface area contributed by atoms with Crippen molar-refractivity contribution < 1.29 is 14.3 Å². The number of ether oxygens (including phenoxy) is 1. The number of hydrogen-bond acceptors (Lipinski definition) is 3. The summed E-state index contributed by atoms with van der Waals surface area (Å²) in [6.07, 6.45) is 2.03. The van der Waals surface area contributed by atoms with Gasteiger partial charge < -0.3 is 15.0 Å². The van der Waals surface area contributed by atoms with Crippen molar-refractivity contribution in [2.45, 2.75) is 25.7 Å². The normalized spacial score (nSPS) is 12.9.